The van der Waals surface area contributed by atoms with Crippen LogP contribution in [-0.2, 0) is 23.8 Å². The van der Waals surface area contributed by atoms with E-state index >= 15 is 0 Å². The maximum Gasteiger partial charge on any atom is 0.413 e. The van der Waals surface area contributed by atoms with Gasteiger partial charge in [0.25, 0.3) is 0 Å². The van der Waals surface area contributed by atoms with Crippen LogP contribution < -0.4 is 10.6 Å². The van der Waals surface area contributed by atoms with Gasteiger partial charge in [-0.2, -0.15) is 0 Å². The average molecular weight is 302 g/mol. The van der Waals surface area contributed by atoms with Crippen molar-refractivity contribution >= 4 is 24.0 Å². The van der Waals surface area contributed by atoms with Crippen LogP contribution in [0.3, 0.4) is 0 Å². The molecule has 0 aromatic rings. The molecule has 0 aromatic carbocycles. The summed E-state index contributed by atoms with van der Waals surface area (Å²) in [4.78, 5) is 43.4. The van der Waals surface area contributed by atoms with Gasteiger partial charge in [0, 0.05) is 13.8 Å². The van der Waals surface area contributed by atoms with E-state index in [4.69, 9.17) is 14.2 Å². The SMILES string of the molecule is CC(=O)NC(=O)OCC1CCC(COC(=O)NC(C)=O)O1. The standard InChI is InChI=1S/C12H18N2O7/c1-7(15)13-11(17)19-5-9-3-4-10(21-9)6-20-12(18)14-8(2)16/h9-10H,3-6H2,1-2H3,(H,13,15,17)(H,14,16,18). The zero-order valence-corrected chi connectivity index (χ0v) is 11.8. The molecule has 0 aromatic heterocycles. The highest BCUT2D eigenvalue weighted by molar-refractivity contribution is 5.90. The minimum atomic E-state index is -0.827. The Hall–Kier alpha value is -2.16. The molecule has 0 radical (unpaired) electrons. The number of hydrogen-bond donors (Lipinski definition) is 2. The number of ether oxygens (including phenoxy) is 3. The van der Waals surface area contributed by atoms with Crippen LogP contribution in [0.4, 0.5) is 9.59 Å². The smallest absolute Gasteiger partial charge is 0.413 e. The summed E-state index contributed by atoms with van der Waals surface area (Å²) in [5.41, 5.74) is 0. The number of amides is 4. The molecule has 2 N–H and O–H groups in total. The summed E-state index contributed by atoms with van der Waals surface area (Å²) < 4.78 is 15.1. The lowest BCUT2D eigenvalue weighted by Crippen LogP contribution is -2.32. The summed E-state index contributed by atoms with van der Waals surface area (Å²) in [6.07, 6.45) is -1.01. The molecule has 9 nitrogen and oxygen atoms in total. The Morgan fingerprint density at radius 1 is 0.905 bits per heavy atom. The number of rotatable bonds is 4. The Morgan fingerprint density at radius 3 is 1.62 bits per heavy atom. The monoisotopic (exact) mass is 302 g/mol. The third kappa shape index (κ3) is 7.25. The molecule has 0 aliphatic carbocycles. The van der Waals surface area contributed by atoms with Crippen LogP contribution in [0.5, 0.6) is 0 Å². The topological polar surface area (TPSA) is 120 Å². The van der Waals surface area contributed by atoms with E-state index in [1.54, 1.807) is 0 Å². The molecule has 2 unspecified atom stereocenters. The normalized spacial score (nSPS) is 20.5. The van der Waals surface area contributed by atoms with Gasteiger partial charge in [0.15, 0.2) is 0 Å². The zero-order valence-electron chi connectivity index (χ0n) is 11.8. The lowest BCUT2D eigenvalue weighted by Gasteiger charge is -2.14. The molecule has 2 atom stereocenters. The summed E-state index contributed by atoms with van der Waals surface area (Å²) in [5.74, 6) is -1.01. The second-order valence-corrected chi connectivity index (χ2v) is 4.52. The first-order chi connectivity index (χ1) is 9.86. The molecule has 118 valence electrons. The van der Waals surface area contributed by atoms with Crippen LogP contribution in [-0.4, -0.2) is 49.4 Å². The van der Waals surface area contributed by atoms with Crippen LogP contribution in [0.25, 0.3) is 0 Å². The summed E-state index contributed by atoms with van der Waals surface area (Å²) in [6, 6.07) is 0. The van der Waals surface area contributed by atoms with Crippen molar-refractivity contribution < 1.29 is 33.4 Å². The van der Waals surface area contributed by atoms with Gasteiger partial charge < -0.3 is 14.2 Å². The maximum atomic E-state index is 11.1. The number of imide groups is 2. The third-order valence-electron chi connectivity index (χ3n) is 2.55. The first kappa shape index (κ1) is 16.9. The summed E-state index contributed by atoms with van der Waals surface area (Å²) in [5, 5.41) is 3.94. The quantitative estimate of drug-likeness (QED) is 0.754. The summed E-state index contributed by atoms with van der Waals surface area (Å²) >= 11 is 0. The van der Waals surface area contributed by atoms with Crippen molar-refractivity contribution in [3.8, 4) is 0 Å². The number of nitrogens with one attached hydrogen (secondary N) is 2. The Balaban J connectivity index is 2.17. The number of carbonyl (C=O) groups is 4. The number of hydrogen-bond acceptors (Lipinski definition) is 7. The highest BCUT2D eigenvalue weighted by atomic mass is 16.6. The van der Waals surface area contributed by atoms with Crippen LogP contribution in [0.15, 0.2) is 0 Å². The first-order valence-electron chi connectivity index (χ1n) is 6.41. The molecule has 0 saturated carbocycles. The van der Waals surface area contributed by atoms with E-state index in [1.165, 1.54) is 13.8 Å². The summed E-state index contributed by atoms with van der Waals surface area (Å²) in [7, 11) is 0. The summed E-state index contributed by atoms with van der Waals surface area (Å²) in [6.45, 7) is 2.42. The predicted molar refractivity (Wildman–Crippen MR) is 68.2 cm³/mol. The van der Waals surface area contributed by atoms with Crippen molar-refractivity contribution in [2.24, 2.45) is 0 Å². The molecule has 21 heavy (non-hydrogen) atoms. The molecular formula is C12H18N2O7. The molecule has 9 heteroatoms. The fourth-order valence-electron chi connectivity index (χ4n) is 1.72. The van der Waals surface area contributed by atoms with Crippen LogP contribution >= 0.6 is 0 Å². The molecule has 1 aliphatic heterocycles. The molecule has 1 saturated heterocycles. The molecular weight excluding hydrogens is 284 g/mol. The molecule has 0 spiro atoms. The Kier molecular flexibility index (Phi) is 6.60. The maximum absolute atomic E-state index is 11.1. The Bertz CT molecular complexity index is 386. The van der Waals surface area contributed by atoms with Gasteiger partial charge in [-0.15, -0.1) is 0 Å². The van der Waals surface area contributed by atoms with Crippen molar-refractivity contribution in [2.45, 2.75) is 38.9 Å². The van der Waals surface area contributed by atoms with E-state index < -0.39 is 24.0 Å². The van der Waals surface area contributed by atoms with Gasteiger partial charge in [-0.25, -0.2) is 9.59 Å². The van der Waals surface area contributed by atoms with Gasteiger partial charge in [0.2, 0.25) is 11.8 Å². The second kappa shape index (κ2) is 8.20. The highest BCUT2D eigenvalue weighted by Gasteiger charge is 2.27. The van der Waals surface area contributed by atoms with Crippen molar-refractivity contribution in [2.75, 3.05) is 13.2 Å². The number of carbonyl (C=O) groups excluding carboxylic acids is 4. The van der Waals surface area contributed by atoms with E-state index in [1.807, 2.05) is 10.6 Å². The lowest BCUT2D eigenvalue weighted by molar-refractivity contribution is -0.119. The minimum Gasteiger partial charge on any atom is -0.446 e. The second-order valence-electron chi connectivity index (χ2n) is 4.52. The van der Waals surface area contributed by atoms with Crippen molar-refractivity contribution in [3.05, 3.63) is 0 Å². The molecule has 1 aliphatic rings. The largest absolute Gasteiger partial charge is 0.446 e. The van der Waals surface area contributed by atoms with Gasteiger partial charge in [-0.3, -0.25) is 20.2 Å². The van der Waals surface area contributed by atoms with Gasteiger partial charge in [-0.05, 0) is 12.8 Å². The fraction of sp³-hybridized carbons (Fsp3) is 0.667. The van der Waals surface area contributed by atoms with E-state index in [0.29, 0.717) is 12.8 Å². The van der Waals surface area contributed by atoms with E-state index in [-0.39, 0.29) is 25.4 Å². The minimum absolute atomic E-state index is 0.00918. The van der Waals surface area contributed by atoms with Crippen LogP contribution in [0.1, 0.15) is 26.7 Å². The molecule has 4 amide bonds. The van der Waals surface area contributed by atoms with Gasteiger partial charge in [0.05, 0.1) is 12.2 Å². The van der Waals surface area contributed by atoms with Crippen molar-refractivity contribution in [3.63, 3.8) is 0 Å². The van der Waals surface area contributed by atoms with Crippen molar-refractivity contribution in [1.82, 2.24) is 10.6 Å². The number of alkyl carbamates (subject to hydrolysis) is 2. The predicted octanol–water partition coefficient (Wildman–Crippen LogP) is 0.0794. The van der Waals surface area contributed by atoms with Crippen molar-refractivity contribution in [1.29, 1.82) is 0 Å². The first-order valence-corrected chi connectivity index (χ1v) is 6.41. The van der Waals surface area contributed by atoms with Crippen LogP contribution in [0, 0.1) is 0 Å². The van der Waals surface area contributed by atoms with Gasteiger partial charge in [0.1, 0.15) is 13.2 Å². The zero-order chi connectivity index (χ0) is 15.8. The molecule has 1 rings (SSSR count). The third-order valence-corrected chi connectivity index (χ3v) is 2.55. The lowest BCUT2D eigenvalue weighted by atomic mass is 10.2. The van der Waals surface area contributed by atoms with E-state index in [2.05, 4.69) is 0 Å². The molecule has 0 bridgehead atoms. The molecule has 1 heterocycles. The van der Waals surface area contributed by atoms with E-state index in [0.717, 1.165) is 0 Å². The van der Waals surface area contributed by atoms with Crippen LogP contribution in [0.2, 0.25) is 0 Å². The Morgan fingerprint density at radius 2 is 1.29 bits per heavy atom. The van der Waals surface area contributed by atoms with Gasteiger partial charge in [-0.1, -0.05) is 0 Å². The van der Waals surface area contributed by atoms with E-state index in [9.17, 15) is 19.2 Å². The van der Waals surface area contributed by atoms with Gasteiger partial charge >= 0.3 is 12.2 Å². The Labute approximate surface area is 121 Å². The average Bonchev–Trinajstić information content (AvgIpc) is 2.80. The fourth-order valence-corrected chi connectivity index (χ4v) is 1.72. The highest BCUT2D eigenvalue weighted by Crippen LogP contribution is 2.20. The molecule has 1 fully saturated rings.